The normalized spacial score (nSPS) is 34.9. The molecule has 3 rings (SSSR count). The van der Waals surface area contributed by atoms with E-state index in [1.807, 2.05) is 0 Å². The Bertz CT molecular complexity index is 635. The quantitative estimate of drug-likeness (QED) is 0.616. The SMILES string of the molecule is CCCCOC1C=C(N)C(Cl)=CC1(C(N)=O)C1CCN(C)C(C2OCCO2)C1. The van der Waals surface area contributed by atoms with Crippen LogP contribution in [0.1, 0.15) is 32.6 Å². The number of amides is 1. The summed E-state index contributed by atoms with van der Waals surface area (Å²) in [7, 11) is 2.06. The van der Waals surface area contributed by atoms with E-state index in [0.29, 0.717) is 37.0 Å². The summed E-state index contributed by atoms with van der Waals surface area (Å²) in [6.45, 7) is 4.62. The average molecular weight is 414 g/mol. The summed E-state index contributed by atoms with van der Waals surface area (Å²) in [5.74, 6) is -0.485. The molecule has 4 unspecified atom stereocenters. The van der Waals surface area contributed by atoms with E-state index < -0.39 is 17.4 Å². The number of likely N-dealkylation sites (N-methyl/N-ethyl adjacent to an activating group) is 1. The molecule has 3 aliphatic rings. The molecule has 8 heteroatoms. The fourth-order valence-corrected chi connectivity index (χ4v) is 4.77. The van der Waals surface area contributed by atoms with E-state index in [9.17, 15) is 4.79 Å². The van der Waals surface area contributed by atoms with Gasteiger partial charge in [0.05, 0.1) is 30.4 Å². The lowest BCUT2D eigenvalue weighted by Gasteiger charge is -2.48. The van der Waals surface area contributed by atoms with Crippen LogP contribution in [0.3, 0.4) is 0 Å². The molecule has 2 saturated heterocycles. The molecule has 0 aromatic heterocycles. The maximum absolute atomic E-state index is 12.9. The Morgan fingerprint density at radius 2 is 2.14 bits per heavy atom. The van der Waals surface area contributed by atoms with Gasteiger partial charge in [0, 0.05) is 12.3 Å². The van der Waals surface area contributed by atoms with Crippen LogP contribution in [0.2, 0.25) is 0 Å². The van der Waals surface area contributed by atoms with Crippen LogP contribution in [0, 0.1) is 11.3 Å². The van der Waals surface area contributed by atoms with E-state index in [-0.39, 0.29) is 18.2 Å². The van der Waals surface area contributed by atoms with E-state index >= 15 is 0 Å². The minimum absolute atomic E-state index is 0.0456. The number of ether oxygens (including phenoxy) is 3. The molecule has 2 aliphatic heterocycles. The zero-order valence-electron chi connectivity index (χ0n) is 16.7. The van der Waals surface area contributed by atoms with Crippen molar-refractivity contribution < 1.29 is 19.0 Å². The molecule has 4 N–H and O–H groups in total. The maximum Gasteiger partial charge on any atom is 0.230 e. The van der Waals surface area contributed by atoms with E-state index in [2.05, 4.69) is 18.9 Å². The first kappa shape index (κ1) is 21.6. The first-order valence-electron chi connectivity index (χ1n) is 10.1. The smallest absolute Gasteiger partial charge is 0.230 e. The minimum atomic E-state index is -1.04. The van der Waals surface area contributed by atoms with Gasteiger partial charge in [-0.05, 0) is 50.9 Å². The molecular formula is C20H32ClN3O4. The van der Waals surface area contributed by atoms with Crippen LogP contribution in [-0.4, -0.2) is 62.7 Å². The molecule has 158 valence electrons. The van der Waals surface area contributed by atoms with Gasteiger partial charge in [-0.3, -0.25) is 9.69 Å². The number of likely N-dealkylation sites (tertiary alicyclic amines) is 1. The Balaban J connectivity index is 1.91. The van der Waals surface area contributed by atoms with Crippen molar-refractivity contribution in [2.24, 2.45) is 22.8 Å². The van der Waals surface area contributed by atoms with Crippen LogP contribution in [0.5, 0.6) is 0 Å². The average Bonchev–Trinajstić information content (AvgIpc) is 3.19. The first-order valence-corrected chi connectivity index (χ1v) is 10.5. The third-order valence-electron chi connectivity index (χ3n) is 6.22. The largest absolute Gasteiger partial charge is 0.398 e. The molecule has 0 spiro atoms. The number of primary amides is 1. The van der Waals surface area contributed by atoms with Gasteiger partial charge in [-0.25, -0.2) is 0 Å². The minimum Gasteiger partial charge on any atom is -0.398 e. The second-order valence-corrected chi connectivity index (χ2v) is 8.34. The van der Waals surface area contributed by atoms with Gasteiger partial charge in [-0.2, -0.15) is 0 Å². The van der Waals surface area contributed by atoms with Gasteiger partial charge in [-0.1, -0.05) is 24.9 Å². The Labute approximate surface area is 172 Å². The highest BCUT2D eigenvalue weighted by Crippen LogP contribution is 2.47. The van der Waals surface area contributed by atoms with Gasteiger partial charge in [0.2, 0.25) is 5.91 Å². The predicted octanol–water partition coefficient (Wildman–Crippen LogP) is 1.71. The molecule has 28 heavy (non-hydrogen) atoms. The number of nitrogens with two attached hydrogens (primary N) is 2. The van der Waals surface area contributed by atoms with Gasteiger partial charge in [-0.15, -0.1) is 0 Å². The molecule has 0 saturated carbocycles. The summed E-state index contributed by atoms with van der Waals surface area (Å²) in [6, 6.07) is 0.0456. The number of hydrogen-bond acceptors (Lipinski definition) is 6. The number of allylic oxidation sites excluding steroid dienone is 1. The number of piperidine rings is 1. The summed E-state index contributed by atoms with van der Waals surface area (Å²) in [4.78, 5) is 15.1. The van der Waals surface area contributed by atoms with Gasteiger partial charge in [0.25, 0.3) is 0 Å². The van der Waals surface area contributed by atoms with Gasteiger partial charge < -0.3 is 25.7 Å². The Kier molecular flexibility index (Phi) is 7.04. The van der Waals surface area contributed by atoms with Crippen molar-refractivity contribution in [2.75, 3.05) is 33.4 Å². The fourth-order valence-electron chi connectivity index (χ4n) is 4.53. The number of rotatable bonds is 7. The Hall–Kier alpha value is -1.12. The van der Waals surface area contributed by atoms with Crippen molar-refractivity contribution >= 4 is 17.5 Å². The van der Waals surface area contributed by atoms with Crippen LogP contribution in [0.15, 0.2) is 22.9 Å². The zero-order chi connectivity index (χ0) is 20.3. The standard InChI is InChI=1S/C20H32ClN3O4/c1-3-4-7-26-17-11-15(22)14(21)12-20(17,19(23)25)13-5-6-24(2)16(10-13)18-27-8-9-28-18/h11-13,16-18H,3-10,22H2,1-2H3,(H2,23,25). The zero-order valence-corrected chi connectivity index (χ0v) is 17.5. The molecule has 1 amide bonds. The third-order valence-corrected chi connectivity index (χ3v) is 6.55. The fraction of sp³-hybridized carbons (Fsp3) is 0.750. The molecule has 0 radical (unpaired) electrons. The van der Waals surface area contributed by atoms with E-state index in [1.165, 1.54) is 0 Å². The number of nitrogens with zero attached hydrogens (tertiary/aromatic N) is 1. The molecule has 0 bridgehead atoms. The van der Waals surface area contributed by atoms with Crippen LogP contribution in [-0.2, 0) is 19.0 Å². The highest BCUT2D eigenvalue weighted by atomic mass is 35.5. The molecule has 4 atom stereocenters. The summed E-state index contributed by atoms with van der Waals surface area (Å²) in [5.41, 5.74) is 11.4. The van der Waals surface area contributed by atoms with Gasteiger partial charge in [0.1, 0.15) is 5.41 Å². The molecule has 2 heterocycles. The number of hydrogen-bond donors (Lipinski definition) is 2. The molecule has 0 aromatic carbocycles. The van der Waals surface area contributed by atoms with Crippen LogP contribution >= 0.6 is 11.6 Å². The summed E-state index contributed by atoms with van der Waals surface area (Å²) in [5, 5.41) is 0.359. The topological polar surface area (TPSA) is 100 Å². The van der Waals surface area contributed by atoms with Crippen molar-refractivity contribution in [3.05, 3.63) is 22.9 Å². The molecule has 1 aliphatic carbocycles. The van der Waals surface area contributed by atoms with Crippen molar-refractivity contribution in [1.82, 2.24) is 4.90 Å². The first-order chi connectivity index (χ1) is 13.4. The Morgan fingerprint density at radius 1 is 1.43 bits per heavy atom. The summed E-state index contributed by atoms with van der Waals surface area (Å²) < 4.78 is 17.6. The van der Waals surface area contributed by atoms with E-state index in [4.69, 9.17) is 37.3 Å². The second-order valence-electron chi connectivity index (χ2n) is 7.94. The van der Waals surface area contributed by atoms with Crippen molar-refractivity contribution in [3.63, 3.8) is 0 Å². The lowest BCUT2D eigenvalue weighted by Crippen LogP contribution is -2.57. The lowest BCUT2D eigenvalue weighted by molar-refractivity contribution is -0.146. The highest BCUT2D eigenvalue weighted by molar-refractivity contribution is 6.32. The van der Waals surface area contributed by atoms with Gasteiger partial charge in [0.15, 0.2) is 6.29 Å². The molecule has 7 nitrogen and oxygen atoms in total. The maximum atomic E-state index is 12.9. The number of unbranched alkanes of at least 4 members (excludes halogenated alkanes) is 1. The van der Waals surface area contributed by atoms with Crippen LogP contribution in [0.4, 0.5) is 0 Å². The third kappa shape index (κ3) is 4.09. The monoisotopic (exact) mass is 413 g/mol. The molecule has 2 fully saturated rings. The number of carbonyl (C=O) groups is 1. The summed E-state index contributed by atoms with van der Waals surface area (Å²) in [6.07, 6.45) is 6.05. The molecular weight excluding hydrogens is 382 g/mol. The summed E-state index contributed by atoms with van der Waals surface area (Å²) >= 11 is 6.38. The Morgan fingerprint density at radius 3 is 2.79 bits per heavy atom. The van der Waals surface area contributed by atoms with Crippen molar-refractivity contribution in [3.8, 4) is 0 Å². The van der Waals surface area contributed by atoms with Crippen LogP contribution < -0.4 is 11.5 Å². The van der Waals surface area contributed by atoms with E-state index in [1.54, 1.807) is 12.2 Å². The van der Waals surface area contributed by atoms with Crippen LogP contribution in [0.25, 0.3) is 0 Å². The number of halogens is 1. The second kappa shape index (κ2) is 9.13. The molecule has 0 aromatic rings. The van der Waals surface area contributed by atoms with Crippen molar-refractivity contribution in [1.29, 1.82) is 0 Å². The highest BCUT2D eigenvalue weighted by Gasteiger charge is 2.53. The lowest BCUT2D eigenvalue weighted by atomic mass is 9.63. The van der Waals surface area contributed by atoms with Crippen molar-refractivity contribution in [2.45, 2.75) is 51.0 Å². The van der Waals surface area contributed by atoms with Gasteiger partial charge >= 0.3 is 0 Å². The number of carbonyl (C=O) groups excluding carboxylic acids is 1. The van der Waals surface area contributed by atoms with E-state index in [0.717, 1.165) is 25.8 Å². The predicted molar refractivity (Wildman–Crippen MR) is 107 cm³/mol.